The van der Waals surface area contributed by atoms with Gasteiger partial charge in [-0.15, -0.1) is 11.3 Å². The van der Waals surface area contributed by atoms with Crippen molar-refractivity contribution >= 4 is 31.3 Å². The molecule has 0 aliphatic carbocycles. The van der Waals surface area contributed by atoms with Crippen LogP contribution in [0.1, 0.15) is 5.56 Å². The maximum Gasteiger partial charge on any atom is 0.219 e. The lowest BCUT2D eigenvalue weighted by atomic mass is 10.1. The largest absolute Gasteiger partial charge is 0.505 e. The topological polar surface area (TPSA) is 54.4 Å². The summed E-state index contributed by atoms with van der Waals surface area (Å²) in [6.07, 6.45) is 0. The summed E-state index contributed by atoms with van der Waals surface area (Å²) >= 11 is 0.296. The van der Waals surface area contributed by atoms with E-state index >= 15 is 0 Å². The lowest BCUT2D eigenvalue weighted by molar-refractivity contribution is 0.464. The molecule has 3 aromatic rings. The minimum absolute atomic E-state index is 0.139. The minimum Gasteiger partial charge on any atom is -0.505 e. The zero-order valence-corrected chi connectivity index (χ0v) is 13.2. The molecule has 120 valence electrons. The lowest BCUT2D eigenvalue weighted by Gasteiger charge is -2.03. The molecular formula is C15H9F3O3S2. The number of sulfone groups is 1. The summed E-state index contributed by atoms with van der Waals surface area (Å²) in [6.45, 7) is 1.01. The zero-order valence-electron chi connectivity index (χ0n) is 11.6. The van der Waals surface area contributed by atoms with Crippen molar-refractivity contribution < 1.29 is 26.7 Å². The number of benzene rings is 2. The van der Waals surface area contributed by atoms with Crippen molar-refractivity contribution in [3.8, 4) is 5.75 Å². The summed E-state index contributed by atoms with van der Waals surface area (Å²) in [5.41, 5.74) is -0.619. The third-order valence-electron chi connectivity index (χ3n) is 3.42. The second kappa shape index (κ2) is 5.24. The Morgan fingerprint density at radius 2 is 1.61 bits per heavy atom. The highest BCUT2D eigenvalue weighted by Crippen LogP contribution is 2.45. The van der Waals surface area contributed by atoms with Crippen LogP contribution in [-0.4, -0.2) is 13.5 Å². The van der Waals surface area contributed by atoms with Crippen LogP contribution in [0.3, 0.4) is 0 Å². The van der Waals surface area contributed by atoms with Gasteiger partial charge in [-0.05, 0) is 19.1 Å². The van der Waals surface area contributed by atoms with Gasteiger partial charge in [0.2, 0.25) is 9.84 Å². The van der Waals surface area contributed by atoms with Gasteiger partial charge >= 0.3 is 0 Å². The second-order valence-corrected chi connectivity index (χ2v) is 7.99. The predicted molar refractivity (Wildman–Crippen MR) is 80.0 cm³/mol. The zero-order chi connectivity index (χ0) is 16.9. The fourth-order valence-corrected chi connectivity index (χ4v) is 5.11. The highest BCUT2D eigenvalue weighted by molar-refractivity contribution is 7.93. The van der Waals surface area contributed by atoms with Crippen LogP contribution in [-0.2, 0) is 9.84 Å². The molecule has 0 unspecified atom stereocenters. The van der Waals surface area contributed by atoms with Gasteiger partial charge < -0.3 is 5.11 Å². The summed E-state index contributed by atoms with van der Waals surface area (Å²) in [7, 11) is -4.18. The molecule has 0 atom stereocenters. The first kappa shape index (κ1) is 15.8. The Balaban J connectivity index is 2.40. The normalized spacial score (nSPS) is 12.0. The standard InChI is InChI=1S/C15H9F3O3S2/c1-7-10(16)9-13(19)15(22-14(9)12(18)11(7)17)23(20,21)8-5-3-2-4-6-8/h2-6,19H,1H3. The van der Waals surface area contributed by atoms with Gasteiger partial charge in [-0.1, -0.05) is 18.2 Å². The van der Waals surface area contributed by atoms with Crippen molar-refractivity contribution in [3.63, 3.8) is 0 Å². The molecule has 0 bridgehead atoms. The molecular weight excluding hydrogens is 349 g/mol. The van der Waals surface area contributed by atoms with Crippen LogP contribution in [0, 0.1) is 24.4 Å². The molecule has 0 fully saturated rings. The van der Waals surface area contributed by atoms with Gasteiger partial charge in [0.05, 0.1) is 15.0 Å². The molecule has 23 heavy (non-hydrogen) atoms. The molecule has 1 aromatic heterocycles. The molecule has 0 saturated carbocycles. The Morgan fingerprint density at radius 3 is 2.22 bits per heavy atom. The maximum atomic E-state index is 14.1. The van der Waals surface area contributed by atoms with E-state index in [1.165, 1.54) is 24.3 Å². The lowest BCUT2D eigenvalue weighted by Crippen LogP contribution is -1.99. The Labute approximate surface area is 133 Å². The van der Waals surface area contributed by atoms with Crippen molar-refractivity contribution in [3.05, 3.63) is 53.3 Å². The van der Waals surface area contributed by atoms with Gasteiger partial charge in [0.15, 0.2) is 21.6 Å². The minimum atomic E-state index is -4.18. The van der Waals surface area contributed by atoms with E-state index in [9.17, 15) is 26.7 Å². The summed E-state index contributed by atoms with van der Waals surface area (Å²) < 4.78 is 65.6. The van der Waals surface area contributed by atoms with Crippen LogP contribution in [0.2, 0.25) is 0 Å². The number of aromatic hydroxyl groups is 1. The first-order valence-electron chi connectivity index (χ1n) is 6.35. The van der Waals surface area contributed by atoms with Crippen LogP contribution in [0.25, 0.3) is 10.1 Å². The van der Waals surface area contributed by atoms with E-state index in [0.717, 1.165) is 6.92 Å². The van der Waals surface area contributed by atoms with Gasteiger partial charge in [-0.25, -0.2) is 21.6 Å². The molecule has 0 aliphatic heterocycles. The average Bonchev–Trinajstić information content (AvgIpc) is 2.90. The fraction of sp³-hybridized carbons (Fsp3) is 0.0667. The van der Waals surface area contributed by atoms with E-state index in [-0.39, 0.29) is 4.90 Å². The van der Waals surface area contributed by atoms with Crippen molar-refractivity contribution in [1.82, 2.24) is 0 Å². The Morgan fingerprint density at radius 1 is 1.00 bits per heavy atom. The van der Waals surface area contributed by atoms with Crippen molar-refractivity contribution in [2.24, 2.45) is 0 Å². The monoisotopic (exact) mass is 358 g/mol. The third kappa shape index (κ3) is 2.21. The van der Waals surface area contributed by atoms with Gasteiger partial charge in [-0.2, -0.15) is 0 Å². The van der Waals surface area contributed by atoms with E-state index in [4.69, 9.17) is 0 Å². The molecule has 0 radical (unpaired) electrons. The molecule has 2 aromatic carbocycles. The molecule has 0 saturated heterocycles. The van der Waals surface area contributed by atoms with Gasteiger partial charge in [0.25, 0.3) is 0 Å². The Bertz CT molecular complexity index is 1030. The maximum absolute atomic E-state index is 14.1. The van der Waals surface area contributed by atoms with Gasteiger partial charge in [0, 0.05) is 5.56 Å². The first-order chi connectivity index (χ1) is 10.8. The quantitative estimate of drug-likeness (QED) is 0.700. The predicted octanol–water partition coefficient (Wildman–Crippen LogP) is 4.17. The van der Waals surface area contributed by atoms with E-state index in [2.05, 4.69) is 0 Å². The summed E-state index contributed by atoms with van der Waals surface area (Å²) in [4.78, 5) is -0.139. The SMILES string of the molecule is Cc1c(F)c(F)c2sc(S(=O)(=O)c3ccccc3)c(O)c2c1F. The number of hydrogen-bond donors (Lipinski definition) is 1. The first-order valence-corrected chi connectivity index (χ1v) is 8.65. The number of fused-ring (bicyclic) bond motifs is 1. The van der Waals surface area contributed by atoms with Crippen LogP contribution in [0.5, 0.6) is 5.75 Å². The van der Waals surface area contributed by atoms with Gasteiger partial charge in [0.1, 0.15) is 5.82 Å². The third-order valence-corrected chi connectivity index (χ3v) is 6.87. The van der Waals surface area contributed by atoms with E-state index in [1.54, 1.807) is 6.07 Å². The van der Waals surface area contributed by atoms with E-state index in [1.807, 2.05) is 0 Å². The van der Waals surface area contributed by atoms with Crippen LogP contribution in [0.4, 0.5) is 13.2 Å². The highest BCUT2D eigenvalue weighted by atomic mass is 32.2. The smallest absolute Gasteiger partial charge is 0.219 e. The van der Waals surface area contributed by atoms with E-state index < -0.39 is 52.9 Å². The van der Waals surface area contributed by atoms with Gasteiger partial charge in [-0.3, -0.25) is 0 Å². The fourth-order valence-electron chi connectivity index (χ4n) is 2.20. The molecule has 3 nitrogen and oxygen atoms in total. The molecule has 1 heterocycles. The van der Waals surface area contributed by atoms with Crippen molar-refractivity contribution in [2.75, 3.05) is 0 Å². The second-order valence-electron chi connectivity index (χ2n) is 4.83. The number of thiophene rings is 1. The van der Waals surface area contributed by atoms with Crippen LogP contribution >= 0.6 is 11.3 Å². The molecule has 0 amide bonds. The summed E-state index contributed by atoms with van der Waals surface area (Å²) in [6, 6.07) is 7.13. The number of hydrogen-bond acceptors (Lipinski definition) is 4. The molecule has 0 aliphatic rings. The van der Waals surface area contributed by atoms with Crippen molar-refractivity contribution in [2.45, 2.75) is 16.0 Å². The Kier molecular flexibility index (Phi) is 3.61. The Hall–Kier alpha value is -2.06. The molecule has 8 heteroatoms. The average molecular weight is 358 g/mol. The summed E-state index contributed by atoms with van der Waals surface area (Å²) in [5, 5.41) is 9.49. The molecule has 3 rings (SSSR count). The summed E-state index contributed by atoms with van der Waals surface area (Å²) in [5.74, 6) is -4.87. The molecule has 0 spiro atoms. The van der Waals surface area contributed by atoms with Crippen molar-refractivity contribution in [1.29, 1.82) is 0 Å². The van der Waals surface area contributed by atoms with E-state index in [0.29, 0.717) is 11.3 Å². The molecule has 1 N–H and O–H groups in total. The van der Waals surface area contributed by atoms with Crippen LogP contribution in [0.15, 0.2) is 39.4 Å². The number of halogens is 3. The van der Waals surface area contributed by atoms with Crippen LogP contribution < -0.4 is 0 Å². The number of rotatable bonds is 2. The highest BCUT2D eigenvalue weighted by Gasteiger charge is 2.31.